The van der Waals surface area contributed by atoms with Crippen LogP contribution >= 0.6 is 0 Å². The molecule has 0 spiro atoms. The SMILES string of the molecule is CCCCCCCCCC(CC)CN1CCOCC1. The van der Waals surface area contributed by atoms with Gasteiger partial charge in [-0.1, -0.05) is 65.2 Å². The van der Waals surface area contributed by atoms with Crippen molar-refractivity contribution in [3.63, 3.8) is 0 Å². The van der Waals surface area contributed by atoms with Gasteiger partial charge in [0.15, 0.2) is 0 Å². The van der Waals surface area contributed by atoms with Crippen LogP contribution in [0, 0.1) is 5.92 Å². The maximum Gasteiger partial charge on any atom is 0.0594 e. The summed E-state index contributed by atoms with van der Waals surface area (Å²) in [5.41, 5.74) is 0. The van der Waals surface area contributed by atoms with Gasteiger partial charge in [-0.05, 0) is 12.3 Å². The number of hydrogen-bond acceptors (Lipinski definition) is 2. The zero-order valence-corrected chi connectivity index (χ0v) is 13.3. The van der Waals surface area contributed by atoms with Crippen LogP contribution in [0.25, 0.3) is 0 Å². The molecule has 1 fully saturated rings. The predicted octanol–water partition coefficient (Wildman–Crippen LogP) is 4.49. The lowest BCUT2D eigenvalue weighted by Crippen LogP contribution is -2.39. The smallest absolute Gasteiger partial charge is 0.0594 e. The number of hydrogen-bond donors (Lipinski definition) is 0. The highest BCUT2D eigenvalue weighted by molar-refractivity contribution is 4.68. The minimum absolute atomic E-state index is 0.911. The lowest BCUT2D eigenvalue weighted by molar-refractivity contribution is 0.0295. The van der Waals surface area contributed by atoms with Crippen LogP contribution in [0.4, 0.5) is 0 Å². The molecule has 0 radical (unpaired) electrons. The fourth-order valence-corrected chi connectivity index (χ4v) is 2.96. The Kier molecular flexibility index (Phi) is 10.5. The Hall–Kier alpha value is -0.0800. The molecule has 1 heterocycles. The highest BCUT2D eigenvalue weighted by atomic mass is 16.5. The van der Waals surface area contributed by atoms with E-state index in [-0.39, 0.29) is 0 Å². The Labute approximate surface area is 120 Å². The largest absolute Gasteiger partial charge is 0.379 e. The van der Waals surface area contributed by atoms with Gasteiger partial charge in [-0.2, -0.15) is 0 Å². The summed E-state index contributed by atoms with van der Waals surface area (Å²) < 4.78 is 5.42. The maximum absolute atomic E-state index is 5.42. The van der Waals surface area contributed by atoms with Crippen LogP contribution in [0.5, 0.6) is 0 Å². The fourth-order valence-electron chi connectivity index (χ4n) is 2.96. The molecule has 1 saturated heterocycles. The zero-order valence-electron chi connectivity index (χ0n) is 13.3. The first-order chi connectivity index (χ1) is 9.36. The van der Waals surface area contributed by atoms with E-state index in [4.69, 9.17) is 4.74 Å². The molecule has 2 heteroatoms. The molecule has 114 valence electrons. The summed E-state index contributed by atoms with van der Waals surface area (Å²) in [6.45, 7) is 10.1. The first kappa shape index (κ1) is 17.0. The third kappa shape index (κ3) is 8.65. The van der Waals surface area contributed by atoms with Crippen molar-refractivity contribution in [2.24, 2.45) is 5.92 Å². The Balaban J connectivity index is 1.98. The second-order valence-electron chi connectivity index (χ2n) is 6.10. The number of nitrogens with zero attached hydrogens (tertiary/aromatic N) is 1. The Morgan fingerprint density at radius 1 is 0.895 bits per heavy atom. The molecular formula is C17H35NO. The summed E-state index contributed by atoms with van der Waals surface area (Å²) in [6.07, 6.45) is 12.8. The summed E-state index contributed by atoms with van der Waals surface area (Å²) in [5.74, 6) is 0.911. The second-order valence-corrected chi connectivity index (χ2v) is 6.10. The van der Waals surface area contributed by atoms with Gasteiger partial charge in [0.2, 0.25) is 0 Å². The van der Waals surface area contributed by atoms with Gasteiger partial charge >= 0.3 is 0 Å². The first-order valence-electron chi connectivity index (χ1n) is 8.66. The summed E-state index contributed by atoms with van der Waals surface area (Å²) in [7, 11) is 0. The summed E-state index contributed by atoms with van der Waals surface area (Å²) in [5, 5.41) is 0. The van der Waals surface area contributed by atoms with Gasteiger partial charge in [0.25, 0.3) is 0 Å². The molecule has 1 unspecified atom stereocenters. The lowest BCUT2D eigenvalue weighted by Gasteiger charge is -2.30. The molecule has 2 nitrogen and oxygen atoms in total. The van der Waals surface area contributed by atoms with E-state index in [2.05, 4.69) is 18.7 Å². The van der Waals surface area contributed by atoms with Crippen molar-refractivity contribution in [1.29, 1.82) is 0 Å². The van der Waals surface area contributed by atoms with Crippen LogP contribution in [-0.4, -0.2) is 37.7 Å². The molecule has 1 aliphatic heterocycles. The highest BCUT2D eigenvalue weighted by Crippen LogP contribution is 2.17. The average Bonchev–Trinajstić information content (AvgIpc) is 2.46. The van der Waals surface area contributed by atoms with Crippen molar-refractivity contribution in [1.82, 2.24) is 4.90 Å². The molecule has 0 N–H and O–H groups in total. The predicted molar refractivity (Wildman–Crippen MR) is 83.7 cm³/mol. The molecular weight excluding hydrogens is 234 g/mol. The van der Waals surface area contributed by atoms with Crippen LogP contribution in [0.1, 0.15) is 71.6 Å². The van der Waals surface area contributed by atoms with E-state index in [1.165, 1.54) is 64.3 Å². The van der Waals surface area contributed by atoms with Crippen molar-refractivity contribution >= 4 is 0 Å². The Morgan fingerprint density at radius 3 is 2.16 bits per heavy atom. The van der Waals surface area contributed by atoms with E-state index in [1.54, 1.807) is 0 Å². The standard InChI is InChI=1S/C17H35NO/c1-3-5-6-7-8-9-10-11-17(4-2)16-18-12-14-19-15-13-18/h17H,3-16H2,1-2H3. The van der Waals surface area contributed by atoms with Crippen molar-refractivity contribution in [3.05, 3.63) is 0 Å². The fraction of sp³-hybridized carbons (Fsp3) is 1.00. The summed E-state index contributed by atoms with van der Waals surface area (Å²) >= 11 is 0. The second kappa shape index (κ2) is 11.7. The Morgan fingerprint density at radius 2 is 1.53 bits per heavy atom. The maximum atomic E-state index is 5.42. The van der Waals surface area contributed by atoms with Crippen LogP contribution < -0.4 is 0 Å². The molecule has 1 aliphatic rings. The molecule has 1 rings (SSSR count). The Bertz CT molecular complexity index is 190. The molecule has 1 atom stereocenters. The molecule has 19 heavy (non-hydrogen) atoms. The van der Waals surface area contributed by atoms with Gasteiger partial charge in [0.05, 0.1) is 13.2 Å². The molecule has 0 saturated carbocycles. The molecule has 0 bridgehead atoms. The normalized spacial score (nSPS) is 18.6. The van der Waals surface area contributed by atoms with E-state index >= 15 is 0 Å². The van der Waals surface area contributed by atoms with Gasteiger partial charge < -0.3 is 4.74 Å². The third-order valence-electron chi connectivity index (χ3n) is 4.41. The number of unbranched alkanes of at least 4 members (excludes halogenated alkanes) is 6. The van der Waals surface area contributed by atoms with Crippen LogP contribution in [0.2, 0.25) is 0 Å². The number of rotatable bonds is 11. The lowest BCUT2D eigenvalue weighted by atomic mass is 9.97. The van der Waals surface area contributed by atoms with Gasteiger partial charge in [-0.25, -0.2) is 0 Å². The number of ether oxygens (including phenoxy) is 1. The molecule has 0 aromatic rings. The van der Waals surface area contributed by atoms with Gasteiger partial charge in [-0.15, -0.1) is 0 Å². The number of morpholine rings is 1. The third-order valence-corrected chi connectivity index (χ3v) is 4.41. The van der Waals surface area contributed by atoms with Crippen molar-refractivity contribution in [3.8, 4) is 0 Å². The molecule has 0 aromatic carbocycles. The van der Waals surface area contributed by atoms with Gasteiger partial charge in [0, 0.05) is 19.6 Å². The highest BCUT2D eigenvalue weighted by Gasteiger charge is 2.15. The van der Waals surface area contributed by atoms with Crippen LogP contribution in [0.15, 0.2) is 0 Å². The van der Waals surface area contributed by atoms with E-state index in [9.17, 15) is 0 Å². The van der Waals surface area contributed by atoms with Crippen LogP contribution in [-0.2, 0) is 4.74 Å². The monoisotopic (exact) mass is 269 g/mol. The topological polar surface area (TPSA) is 12.5 Å². The molecule has 0 amide bonds. The van der Waals surface area contributed by atoms with Gasteiger partial charge in [0.1, 0.15) is 0 Å². The van der Waals surface area contributed by atoms with Crippen molar-refractivity contribution in [2.75, 3.05) is 32.8 Å². The quantitative estimate of drug-likeness (QED) is 0.513. The summed E-state index contributed by atoms with van der Waals surface area (Å²) in [6, 6.07) is 0. The van der Waals surface area contributed by atoms with Crippen molar-refractivity contribution < 1.29 is 4.74 Å². The van der Waals surface area contributed by atoms with Gasteiger partial charge in [-0.3, -0.25) is 4.90 Å². The van der Waals surface area contributed by atoms with E-state index < -0.39 is 0 Å². The van der Waals surface area contributed by atoms with E-state index in [0.29, 0.717) is 0 Å². The molecule has 0 aliphatic carbocycles. The van der Waals surface area contributed by atoms with E-state index in [0.717, 1.165) is 32.2 Å². The van der Waals surface area contributed by atoms with Crippen molar-refractivity contribution in [2.45, 2.75) is 71.6 Å². The minimum atomic E-state index is 0.911. The average molecular weight is 269 g/mol. The van der Waals surface area contributed by atoms with E-state index in [1.807, 2.05) is 0 Å². The minimum Gasteiger partial charge on any atom is -0.379 e. The summed E-state index contributed by atoms with van der Waals surface area (Å²) in [4.78, 5) is 2.60. The van der Waals surface area contributed by atoms with Crippen LogP contribution in [0.3, 0.4) is 0 Å². The first-order valence-corrected chi connectivity index (χ1v) is 8.66. The molecule has 0 aromatic heterocycles. The zero-order chi connectivity index (χ0) is 13.8.